The highest BCUT2D eigenvalue weighted by Crippen LogP contribution is 2.41. The predicted molar refractivity (Wildman–Crippen MR) is 114 cm³/mol. The standard InChI is InChI=1S/C24H26O3S/c1-5-26-23(25)18-10-7-17(8-11-18)9-12-19-15-20-21(16-22(19)28-6-2)27-14-13-24(20,3)4/h7-8,10-11,15-16H,5-6,13-14H2,1-4H3. The van der Waals surface area contributed by atoms with Crippen LogP contribution < -0.4 is 4.74 Å². The Bertz CT molecular complexity index is 917. The van der Waals surface area contributed by atoms with E-state index < -0.39 is 0 Å². The molecule has 0 radical (unpaired) electrons. The average molecular weight is 395 g/mol. The summed E-state index contributed by atoms with van der Waals surface area (Å²) in [5.41, 5.74) is 3.75. The van der Waals surface area contributed by atoms with Crippen LogP contribution in [0, 0.1) is 11.8 Å². The Morgan fingerprint density at radius 3 is 2.61 bits per heavy atom. The molecule has 0 N–H and O–H groups in total. The molecule has 28 heavy (non-hydrogen) atoms. The van der Waals surface area contributed by atoms with Gasteiger partial charge >= 0.3 is 5.97 Å². The second kappa shape index (κ2) is 8.75. The molecule has 4 heteroatoms. The van der Waals surface area contributed by atoms with Crippen LogP contribution in [0.25, 0.3) is 0 Å². The van der Waals surface area contributed by atoms with Crippen molar-refractivity contribution in [2.45, 2.75) is 44.4 Å². The summed E-state index contributed by atoms with van der Waals surface area (Å²) in [5.74, 6) is 8.22. The number of rotatable bonds is 4. The molecule has 1 aliphatic heterocycles. The average Bonchev–Trinajstić information content (AvgIpc) is 2.67. The molecule has 0 aromatic heterocycles. The van der Waals surface area contributed by atoms with Crippen LogP contribution in [0.15, 0.2) is 41.3 Å². The molecule has 0 unspecified atom stereocenters. The fraction of sp³-hybridized carbons (Fsp3) is 0.375. The lowest BCUT2D eigenvalue weighted by atomic mass is 9.79. The molecular formula is C24H26O3S. The summed E-state index contributed by atoms with van der Waals surface area (Å²) in [6.07, 6.45) is 1.00. The van der Waals surface area contributed by atoms with Crippen LogP contribution in [-0.2, 0) is 10.2 Å². The number of benzene rings is 2. The maximum Gasteiger partial charge on any atom is 0.338 e. The largest absolute Gasteiger partial charge is 0.493 e. The molecule has 0 bridgehead atoms. The van der Waals surface area contributed by atoms with Crippen LogP contribution in [0.2, 0.25) is 0 Å². The number of ether oxygens (including phenoxy) is 2. The molecule has 2 aromatic rings. The van der Waals surface area contributed by atoms with Gasteiger partial charge < -0.3 is 9.47 Å². The Kier molecular flexibility index (Phi) is 6.36. The van der Waals surface area contributed by atoms with Crippen molar-refractivity contribution in [3.05, 3.63) is 58.7 Å². The fourth-order valence-corrected chi connectivity index (χ4v) is 3.94. The number of fused-ring (bicyclic) bond motifs is 1. The van der Waals surface area contributed by atoms with E-state index in [-0.39, 0.29) is 11.4 Å². The monoisotopic (exact) mass is 394 g/mol. The van der Waals surface area contributed by atoms with Crippen molar-refractivity contribution in [2.24, 2.45) is 0 Å². The quantitative estimate of drug-likeness (QED) is 0.393. The number of carbonyl (C=O) groups is 1. The smallest absolute Gasteiger partial charge is 0.338 e. The third kappa shape index (κ3) is 4.54. The van der Waals surface area contributed by atoms with E-state index >= 15 is 0 Å². The molecule has 0 saturated heterocycles. The summed E-state index contributed by atoms with van der Waals surface area (Å²) in [7, 11) is 0. The van der Waals surface area contributed by atoms with Crippen LogP contribution in [0.1, 0.15) is 61.2 Å². The van der Waals surface area contributed by atoms with Crippen molar-refractivity contribution < 1.29 is 14.3 Å². The fourth-order valence-electron chi connectivity index (χ4n) is 3.18. The molecule has 1 aliphatic rings. The van der Waals surface area contributed by atoms with E-state index in [1.165, 1.54) is 5.56 Å². The van der Waals surface area contributed by atoms with E-state index in [9.17, 15) is 4.79 Å². The Morgan fingerprint density at radius 2 is 1.93 bits per heavy atom. The van der Waals surface area contributed by atoms with Gasteiger partial charge in [-0.1, -0.05) is 32.6 Å². The summed E-state index contributed by atoms with van der Waals surface area (Å²) in [6.45, 7) is 9.58. The molecule has 0 fully saturated rings. The van der Waals surface area contributed by atoms with Crippen molar-refractivity contribution in [2.75, 3.05) is 19.0 Å². The number of esters is 1. The molecule has 0 aliphatic carbocycles. The minimum absolute atomic E-state index is 0.0840. The molecule has 3 rings (SSSR count). The molecule has 3 nitrogen and oxygen atoms in total. The maximum absolute atomic E-state index is 11.8. The molecule has 146 valence electrons. The van der Waals surface area contributed by atoms with Crippen LogP contribution in [-0.4, -0.2) is 24.9 Å². The van der Waals surface area contributed by atoms with Crippen molar-refractivity contribution >= 4 is 17.7 Å². The summed E-state index contributed by atoms with van der Waals surface area (Å²) < 4.78 is 10.9. The minimum atomic E-state index is -0.305. The first-order chi connectivity index (χ1) is 13.4. The normalized spacial score (nSPS) is 14.3. The van der Waals surface area contributed by atoms with Gasteiger partial charge in [-0.2, -0.15) is 0 Å². The third-order valence-electron chi connectivity index (χ3n) is 4.83. The first-order valence-corrected chi connectivity index (χ1v) is 10.7. The van der Waals surface area contributed by atoms with E-state index in [0.29, 0.717) is 12.2 Å². The maximum atomic E-state index is 11.8. The Balaban J connectivity index is 1.93. The first-order valence-electron chi connectivity index (χ1n) is 9.68. The first kappa shape index (κ1) is 20.4. The van der Waals surface area contributed by atoms with Crippen LogP contribution >= 0.6 is 11.8 Å². The topological polar surface area (TPSA) is 35.5 Å². The summed E-state index contributed by atoms with van der Waals surface area (Å²) in [4.78, 5) is 12.9. The zero-order valence-electron chi connectivity index (χ0n) is 16.9. The highest BCUT2D eigenvalue weighted by molar-refractivity contribution is 7.99. The molecule has 2 aromatic carbocycles. The number of hydrogen-bond donors (Lipinski definition) is 0. The predicted octanol–water partition coefficient (Wildman–Crippen LogP) is 5.44. The zero-order chi connectivity index (χ0) is 20.1. The summed E-state index contributed by atoms with van der Waals surface area (Å²) >= 11 is 1.78. The summed E-state index contributed by atoms with van der Waals surface area (Å²) in [5, 5.41) is 0. The minimum Gasteiger partial charge on any atom is -0.493 e. The van der Waals surface area contributed by atoms with E-state index in [1.54, 1.807) is 30.8 Å². The Morgan fingerprint density at radius 1 is 1.18 bits per heavy atom. The molecule has 0 saturated carbocycles. The van der Waals surface area contributed by atoms with Crippen molar-refractivity contribution in [3.8, 4) is 17.6 Å². The van der Waals surface area contributed by atoms with Gasteiger partial charge in [0, 0.05) is 21.6 Å². The van der Waals surface area contributed by atoms with Gasteiger partial charge in [0.2, 0.25) is 0 Å². The van der Waals surface area contributed by atoms with Crippen LogP contribution in [0.4, 0.5) is 0 Å². The lowest BCUT2D eigenvalue weighted by Crippen LogP contribution is -2.26. The van der Waals surface area contributed by atoms with Crippen LogP contribution in [0.5, 0.6) is 5.75 Å². The molecule has 0 amide bonds. The third-order valence-corrected chi connectivity index (χ3v) is 5.77. The molecule has 1 heterocycles. The van der Waals surface area contributed by atoms with E-state index in [2.05, 4.69) is 44.7 Å². The van der Waals surface area contributed by atoms with Crippen LogP contribution in [0.3, 0.4) is 0 Å². The van der Waals surface area contributed by atoms with Gasteiger partial charge in [0.25, 0.3) is 0 Å². The Hall–Kier alpha value is -2.38. The van der Waals surface area contributed by atoms with Crippen molar-refractivity contribution in [1.29, 1.82) is 0 Å². The number of thioether (sulfide) groups is 1. The molecule has 0 atom stereocenters. The highest BCUT2D eigenvalue weighted by Gasteiger charge is 2.29. The van der Waals surface area contributed by atoms with Crippen molar-refractivity contribution in [1.82, 2.24) is 0 Å². The van der Waals surface area contributed by atoms with Crippen molar-refractivity contribution in [3.63, 3.8) is 0 Å². The van der Waals surface area contributed by atoms with E-state index in [0.717, 1.165) is 40.6 Å². The van der Waals surface area contributed by atoms with Gasteiger partial charge in [-0.3, -0.25) is 0 Å². The van der Waals surface area contributed by atoms with Gasteiger partial charge in [0.05, 0.1) is 18.8 Å². The summed E-state index contributed by atoms with van der Waals surface area (Å²) in [6, 6.07) is 11.6. The second-order valence-electron chi connectivity index (χ2n) is 7.31. The molecule has 0 spiro atoms. The lowest BCUT2D eigenvalue weighted by molar-refractivity contribution is 0.0526. The van der Waals surface area contributed by atoms with Gasteiger partial charge in [0.15, 0.2) is 0 Å². The zero-order valence-corrected chi connectivity index (χ0v) is 17.7. The number of carbonyl (C=O) groups excluding carboxylic acids is 1. The van der Waals surface area contributed by atoms with E-state index in [4.69, 9.17) is 9.47 Å². The van der Waals surface area contributed by atoms with Gasteiger partial charge in [0.1, 0.15) is 5.75 Å². The van der Waals surface area contributed by atoms with E-state index in [1.807, 2.05) is 12.1 Å². The highest BCUT2D eigenvalue weighted by atomic mass is 32.2. The second-order valence-corrected chi connectivity index (χ2v) is 8.61. The van der Waals surface area contributed by atoms with Gasteiger partial charge in [-0.15, -0.1) is 11.8 Å². The SMILES string of the molecule is CCOC(=O)c1ccc(C#Cc2cc3c(cc2SCC)OCCC3(C)C)cc1. The lowest BCUT2D eigenvalue weighted by Gasteiger charge is -2.33. The number of hydrogen-bond acceptors (Lipinski definition) is 4. The van der Waals surface area contributed by atoms with Gasteiger partial charge in [-0.05, 0) is 60.9 Å². The molecular weight excluding hydrogens is 368 g/mol. The van der Waals surface area contributed by atoms with Gasteiger partial charge in [-0.25, -0.2) is 4.79 Å². The Labute approximate surface area is 171 Å².